The highest BCUT2D eigenvalue weighted by molar-refractivity contribution is 7.99. The first-order chi connectivity index (χ1) is 10.5. The van der Waals surface area contributed by atoms with Gasteiger partial charge in [-0.3, -0.25) is 0 Å². The largest absolute Gasteiger partial charge is 0.467 e. The van der Waals surface area contributed by atoms with Crippen LogP contribution in [-0.4, -0.2) is 29.5 Å². The molecule has 116 valence electrons. The lowest BCUT2D eigenvalue weighted by Crippen LogP contribution is -2.44. The molecule has 0 aliphatic carbocycles. The Labute approximate surface area is 133 Å². The lowest BCUT2D eigenvalue weighted by Gasteiger charge is -2.25. The molecular weight excluding hydrogens is 303 g/mol. The number of aliphatic hydroxyl groups is 1. The topological polar surface area (TPSA) is 46.5 Å². The fourth-order valence-corrected chi connectivity index (χ4v) is 2.99. The van der Waals surface area contributed by atoms with Crippen LogP contribution in [0.25, 0.3) is 0 Å². The number of hydrogen-bond acceptors (Lipinski definition) is 4. The molecule has 0 amide bonds. The van der Waals surface area contributed by atoms with E-state index in [4.69, 9.17) is 4.74 Å². The maximum absolute atomic E-state index is 12.9. The Kier molecular flexibility index (Phi) is 5.57. The van der Waals surface area contributed by atoms with Crippen LogP contribution < -0.4 is 0 Å². The Morgan fingerprint density at radius 1 is 1.18 bits per heavy atom. The molecule has 0 fully saturated rings. The molecule has 0 aliphatic rings. The van der Waals surface area contributed by atoms with Crippen molar-refractivity contribution in [3.63, 3.8) is 0 Å². The number of thioether (sulfide) groups is 1. The van der Waals surface area contributed by atoms with Crippen molar-refractivity contribution in [3.8, 4) is 0 Å². The lowest BCUT2D eigenvalue weighted by molar-refractivity contribution is -0.159. The van der Waals surface area contributed by atoms with Gasteiger partial charge in [0.1, 0.15) is 5.82 Å². The maximum atomic E-state index is 12.9. The first-order valence-electron chi connectivity index (χ1n) is 6.76. The van der Waals surface area contributed by atoms with Crippen molar-refractivity contribution >= 4 is 17.7 Å². The van der Waals surface area contributed by atoms with Gasteiger partial charge in [-0.15, -0.1) is 11.8 Å². The number of carbonyl (C=O) groups is 1. The molecule has 0 saturated carbocycles. The molecule has 5 heteroatoms. The number of rotatable bonds is 6. The zero-order valence-electron chi connectivity index (χ0n) is 12.2. The Balaban J connectivity index is 2.11. The zero-order valence-corrected chi connectivity index (χ0v) is 13.0. The zero-order chi connectivity index (χ0) is 16.0. The number of methoxy groups -OCH3 is 1. The number of carbonyl (C=O) groups excluding carboxylic acids is 1. The number of hydrogen-bond donors (Lipinski definition) is 1. The molecule has 0 saturated heterocycles. The summed E-state index contributed by atoms with van der Waals surface area (Å²) >= 11 is 1.28. The molecule has 0 aliphatic heterocycles. The molecule has 2 aromatic rings. The fourth-order valence-electron chi connectivity index (χ4n) is 2.04. The second kappa shape index (κ2) is 7.42. The highest BCUT2D eigenvalue weighted by Gasteiger charge is 2.37. The summed E-state index contributed by atoms with van der Waals surface area (Å²) in [5, 5.41) is 10.7. The second-order valence-electron chi connectivity index (χ2n) is 4.93. The van der Waals surface area contributed by atoms with Crippen molar-refractivity contribution in [3.05, 3.63) is 66.0 Å². The molecule has 22 heavy (non-hydrogen) atoms. The third kappa shape index (κ3) is 4.32. The minimum Gasteiger partial charge on any atom is -0.467 e. The summed E-state index contributed by atoms with van der Waals surface area (Å²) in [6.07, 6.45) is 0.161. The molecule has 1 atom stereocenters. The van der Waals surface area contributed by atoms with Gasteiger partial charge in [-0.25, -0.2) is 9.18 Å². The van der Waals surface area contributed by atoms with Crippen LogP contribution in [0.15, 0.2) is 59.5 Å². The van der Waals surface area contributed by atoms with E-state index < -0.39 is 11.6 Å². The number of esters is 1. The van der Waals surface area contributed by atoms with Gasteiger partial charge in [0.25, 0.3) is 0 Å². The predicted molar refractivity (Wildman–Crippen MR) is 84.2 cm³/mol. The van der Waals surface area contributed by atoms with Gasteiger partial charge in [0.05, 0.1) is 7.11 Å². The summed E-state index contributed by atoms with van der Waals surface area (Å²) in [5.74, 6) is -0.872. The maximum Gasteiger partial charge on any atom is 0.339 e. The minimum absolute atomic E-state index is 0.125. The van der Waals surface area contributed by atoms with Gasteiger partial charge in [-0.05, 0) is 29.8 Å². The molecule has 0 heterocycles. The molecule has 3 nitrogen and oxygen atoms in total. The molecule has 2 aromatic carbocycles. The van der Waals surface area contributed by atoms with Crippen molar-refractivity contribution in [2.75, 3.05) is 12.9 Å². The molecule has 0 bridgehead atoms. The smallest absolute Gasteiger partial charge is 0.339 e. The fraction of sp³-hybridized carbons (Fsp3) is 0.235. The third-order valence-corrected chi connectivity index (χ3v) is 4.42. The van der Waals surface area contributed by atoms with Crippen molar-refractivity contribution < 1.29 is 19.0 Å². The van der Waals surface area contributed by atoms with E-state index in [9.17, 15) is 14.3 Å². The van der Waals surface area contributed by atoms with E-state index >= 15 is 0 Å². The van der Waals surface area contributed by atoms with Crippen LogP contribution in [-0.2, 0) is 16.0 Å². The first kappa shape index (κ1) is 16.5. The highest BCUT2D eigenvalue weighted by Crippen LogP contribution is 2.26. The highest BCUT2D eigenvalue weighted by atomic mass is 32.2. The van der Waals surface area contributed by atoms with Crippen LogP contribution in [0.2, 0.25) is 0 Å². The average molecular weight is 320 g/mol. The molecular formula is C17H17FO3S. The van der Waals surface area contributed by atoms with Gasteiger partial charge in [-0.2, -0.15) is 0 Å². The summed E-state index contributed by atoms with van der Waals surface area (Å²) in [7, 11) is 1.25. The van der Waals surface area contributed by atoms with Crippen LogP contribution in [0, 0.1) is 5.82 Å². The number of halogens is 1. The van der Waals surface area contributed by atoms with Gasteiger partial charge in [0.2, 0.25) is 0 Å². The van der Waals surface area contributed by atoms with E-state index in [1.165, 1.54) is 31.0 Å². The predicted octanol–water partition coefficient (Wildman–Crippen LogP) is 3.06. The van der Waals surface area contributed by atoms with Gasteiger partial charge < -0.3 is 9.84 Å². The van der Waals surface area contributed by atoms with E-state index in [2.05, 4.69) is 0 Å². The molecule has 2 rings (SSSR count). The summed E-state index contributed by atoms with van der Waals surface area (Å²) in [6, 6.07) is 15.2. The summed E-state index contributed by atoms with van der Waals surface area (Å²) in [5.41, 5.74) is -0.787. The van der Waals surface area contributed by atoms with E-state index in [0.717, 1.165) is 10.5 Å². The first-order valence-corrected chi connectivity index (χ1v) is 7.75. The van der Waals surface area contributed by atoms with E-state index in [1.54, 1.807) is 12.1 Å². The van der Waals surface area contributed by atoms with Crippen molar-refractivity contribution in [2.24, 2.45) is 0 Å². The summed E-state index contributed by atoms with van der Waals surface area (Å²) < 4.78 is 17.6. The van der Waals surface area contributed by atoms with Crippen molar-refractivity contribution in [1.29, 1.82) is 0 Å². The van der Waals surface area contributed by atoms with Crippen LogP contribution in [0.5, 0.6) is 0 Å². The van der Waals surface area contributed by atoms with Gasteiger partial charge in [-0.1, -0.05) is 30.3 Å². The molecule has 0 radical (unpaired) electrons. The standard InChI is InChI=1S/C17H17FO3S/c1-21-16(19)17(20,11-13-5-3-2-4-6-13)12-22-15-9-7-14(18)8-10-15/h2-10,20H,11-12H2,1H3/t17-/m0/s1. The van der Waals surface area contributed by atoms with Crippen LogP contribution >= 0.6 is 11.8 Å². The third-order valence-electron chi connectivity index (χ3n) is 3.20. The molecule has 0 spiro atoms. The Hall–Kier alpha value is -1.85. The minimum atomic E-state index is -1.63. The quantitative estimate of drug-likeness (QED) is 0.656. The Bertz CT molecular complexity index is 616. The van der Waals surface area contributed by atoms with E-state index in [-0.39, 0.29) is 18.0 Å². The van der Waals surface area contributed by atoms with Gasteiger partial charge in [0.15, 0.2) is 5.60 Å². The summed E-state index contributed by atoms with van der Waals surface area (Å²) in [6.45, 7) is 0. The van der Waals surface area contributed by atoms with E-state index in [1.807, 2.05) is 30.3 Å². The normalized spacial score (nSPS) is 13.4. The number of ether oxygens (including phenoxy) is 1. The Morgan fingerprint density at radius 2 is 1.82 bits per heavy atom. The van der Waals surface area contributed by atoms with Crippen molar-refractivity contribution in [1.82, 2.24) is 0 Å². The van der Waals surface area contributed by atoms with Crippen LogP contribution in [0.1, 0.15) is 5.56 Å². The van der Waals surface area contributed by atoms with E-state index in [0.29, 0.717) is 0 Å². The number of benzene rings is 2. The van der Waals surface area contributed by atoms with Crippen molar-refractivity contribution in [2.45, 2.75) is 16.9 Å². The van der Waals surface area contributed by atoms with Gasteiger partial charge >= 0.3 is 5.97 Å². The summed E-state index contributed by atoms with van der Waals surface area (Å²) in [4.78, 5) is 12.7. The average Bonchev–Trinajstić information content (AvgIpc) is 2.54. The Morgan fingerprint density at radius 3 is 2.41 bits per heavy atom. The molecule has 0 aromatic heterocycles. The van der Waals surface area contributed by atoms with Gasteiger partial charge in [0, 0.05) is 17.1 Å². The van der Waals surface area contributed by atoms with Crippen LogP contribution in [0.4, 0.5) is 4.39 Å². The monoisotopic (exact) mass is 320 g/mol. The lowest BCUT2D eigenvalue weighted by atomic mass is 9.96. The molecule has 0 unspecified atom stereocenters. The van der Waals surface area contributed by atoms with Crippen LogP contribution in [0.3, 0.4) is 0 Å². The SMILES string of the molecule is COC(=O)[C@@](O)(CSc1ccc(F)cc1)Cc1ccccc1. The second-order valence-corrected chi connectivity index (χ2v) is 5.98. The molecule has 1 N–H and O–H groups in total.